The summed E-state index contributed by atoms with van der Waals surface area (Å²) < 4.78 is 0. The molecule has 0 radical (unpaired) electrons. The molecule has 2 nitrogen and oxygen atoms in total. The van der Waals surface area contributed by atoms with E-state index in [0.29, 0.717) is 5.75 Å². The molecule has 0 amide bonds. The number of fused-ring (bicyclic) bond motifs is 1. The number of thioether (sulfide) groups is 1. The van der Waals surface area contributed by atoms with E-state index >= 15 is 0 Å². The number of benzene rings is 2. The Bertz CT molecular complexity index is 631. The smallest absolute Gasteiger partial charge is 0.116 e. The van der Waals surface area contributed by atoms with Crippen molar-refractivity contribution >= 4 is 34.2 Å². The lowest BCUT2D eigenvalue weighted by Crippen LogP contribution is -1.79. The highest BCUT2D eigenvalue weighted by molar-refractivity contribution is 8.12. The van der Waals surface area contributed by atoms with Crippen molar-refractivity contribution in [1.29, 1.82) is 0 Å². The van der Waals surface area contributed by atoms with Crippen LogP contribution in [0.25, 0.3) is 16.8 Å². The SMILES string of the molecule is Oc1ccc2cc(C=C3CSC=N3)ccc2c1. The maximum absolute atomic E-state index is 9.40. The molecule has 0 bridgehead atoms. The van der Waals surface area contributed by atoms with E-state index in [0.717, 1.165) is 27.8 Å². The zero-order chi connectivity index (χ0) is 11.7. The summed E-state index contributed by atoms with van der Waals surface area (Å²) in [6.45, 7) is 0. The van der Waals surface area contributed by atoms with Crippen LogP contribution in [0.4, 0.5) is 0 Å². The number of hydrogen-bond donors (Lipinski definition) is 1. The van der Waals surface area contributed by atoms with Crippen molar-refractivity contribution in [3.63, 3.8) is 0 Å². The molecule has 1 heterocycles. The molecule has 2 aromatic carbocycles. The van der Waals surface area contributed by atoms with Gasteiger partial charge in [0.25, 0.3) is 0 Å². The van der Waals surface area contributed by atoms with E-state index in [1.807, 2.05) is 23.7 Å². The number of rotatable bonds is 1. The Hall–Kier alpha value is -1.74. The molecule has 0 saturated heterocycles. The summed E-state index contributed by atoms with van der Waals surface area (Å²) in [5.41, 5.74) is 4.14. The Labute approximate surface area is 104 Å². The first-order valence-corrected chi connectivity index (χ1v) is 6.44. The summed E-state index contributed by atoms with van der Waals surface area (Å²) in [6, 6.07) is 11.6. The van der Waals surface area contributed by atoms with Crippen LogP contribution in [-0.4, -0.2) is 16.4 Å². The molecule has 1 aliphatic heterocycles. The van der Waals surface area contributed by atoms with Crippen LogP contribution in [0, 0.1) is 0 Å². The molecule has 3 rings (SSSR count). The normalized spacial score (nSPS) is 17.1. The first-order chi connectivity index (χ1) is 8.31. The molecule has 0 fully saturated rings. The van der Waals surface area contributed by atoms with Crippen LogP contribution in [0.5, 0.6) is 5.75 Å². The van der Waals surface area contributed by atoms with Crippen LogP contribution in [0.3, 0.4) is 0 Å². The van der Waals surface area contributed by atoms with Crippen LogP contribution < -0.4 is 0 Å². The average Bonchev–Trinajstić information content (AvgIpc) is 2.82. The molecule has 0 unspecified atom stereocenters. The van der Waals surface area contributed by atoms with Gasteiger partial charge in [0.15, 0.2) is 0 Å². The molecule has 0 spiro atoms. The molecule has 0 saturated carbocycles. The van der Waals surface area contributed by atoms with Gasteiger partial charge in [0.1, 0.15) is 5.75 Å². The maximum Gasteiger partial charge on any atom is 0.116 e. The minimum atomic E-state index is 0.306. The molecule has 0 aromatic heterocycles. The molecule has 0 aliphatic carbocycles. The fourth-order valence-electron chi connectivity index (χ4n) is 1.88. The van der Waals surface area contributed by atoms with Crippen molar-refractivity contribution in [2.75, 3.05) is 5.75 Å². The fourth-order valence-corrected chi connectivity index (χ4v) is 2.49. The van der Waals surface area contributed by atoms with Gasteiger partial charge in [0.05, 0.1) is 11.2 Å². The molecule has 3 heteroatoms. The Kier molecular flexibility index (Phi) is 2.61. The lowest BCUT2D eigenvalue weighted by molar-refractivity contribution is 0.476. The van der Waals surface area contributed by atoms with Gasteiger partial charge in [-0.2, -0.15) is 0 Å². The highest BCUT2D eigenvalue weighted by atomic mass is 32.2. The van der Waals surface area contributed by atoms with E-state index < -0.39 is 0 Å². The van der Waals surface area contributed by atoms with E-state index in [1.165, 1.54) is 0 Å². The molecule has 0 atom stereocenters. The van der Waals surface area contributed by atoms with Crippen molar-refractivity contribution in [3.8, 4) is 5.75 Å². The van der Waals surface area contributed by atoms with Gasteiger partial charge < -0.3 is 5.11 Å². The second kappa shape index (κ2) is 4.26. The zero-order valence-electron chi connectivity index (χ0n) is 9.13. The van der Waals surface area contributed by atoms with Crippen LogP contribution in [0.1, 0.15) is 5.56 Å². The number of aromatic hydroxyl groups is 1. The number of phenolic OH excluding ortho intramolecular Hbond substituents is 1. The quantitative estimate of drug-likeness (QED) is 0.826. The summed E-state index contributed by atoms with van der Waals surface area (Å²) in [7, 11) is 0. The highest BCUT2D eigenvalue weighted by Crippen LogP contribution is 2.23. The average molecular weight is 241 g/mol. The predicted molar refractivity (Wildman–Crippen MR) is 74.5 cm³/mol. The van der Waals surface area contributed by atoms with Gasteiger partial charge in [-0.25, -0.2) is 0 Å². The summed E-state index contributed by atoms with van der Waals surface area (Å²) in [6.07, 6.45) is 2.10. The maximum atomic E-state index is 9.40. The number of aliphatic imine (C=N–C) groups is 1. The first kappa shape index (κ1) is 10.4. The number of phenols is 1. The largest absolute Gasteiger partial charge is 0.508 e. The second-order valence-electron chi connectivity index (χ2n) is 3.97. The third-order valence-corrected chi connectivity index (χ3v) is 3.42. The Morgan fingerprint density at radius 1 is 1.12 bits per heavy atom. The van der Waals surface area contributed by atoms with Crippen LogP contribution in [0.2, 0.25) is 0 Å². The van der Waals surface area contributed by atoms with E-state index in [4.69, 9.17) is 0 Å². The lowest BCUT2D eigenvalue weighted by Gasteiger charge is -2.01. The summed E-state index contributed by atoms with van der Waals surface area (Å²) in [5, 5.41) is 11.6. The third-order valence-electron chi connectivity index (χ3n) is 2.71. The fraction of sp³-hybridized carbons (Fsp3) is 0.0714. The lowest BCUT2D eigenvalue weighted by atomic mass is 10.1. The van der Waals surface area contributed by atoms with E-state index in [9.17, 15) is 5.11 Å². The molecule has 1 aliphatic rings. The van der Waals surface area contributed by atoms with Gasteiger partial charge in [0.2, 0.25) is 0 Å². The molecule has 1 N–H and O–H groups in total. The van der Waals surface area contributed by atoms with Gasteiger partial charge >= 0.3 is 0 Å². The monoisotopic (exact) mass is 241 g/mol. The Morgan fingerprint density at radius 2 is 1.94 bits per heavy atom. The van der Waals surface area contributed by atoms with Crippen molar-refractivity contribution in [2.24, 2.45) is 4.99 Å². The standard InChI is InChI=1S/C14H11NOS/c16-14-4-3-11-5-10(1-2-12(11)7-14)6-13-8-17-9-15-13/h1-7,9,16H,8H2. The molecule has 17 heavy (non-hydrogen) atoms. The number of hydrogen-bond acceptors (Lipinski definition) is 3. The van der Waals surface area contributed by atoms with Crippen LogP contribution in [-0.2, 0) is 0 Å². The topological polar surface area (TPSA) is 32.6 Å². The van der Waals surface area contributed by atoms with Crippen molar-refractivity contribution in [3.05, 3.63) is 47.7 Å². The van der Waals surface area contributed by atoms with Gasteiger partial charge in [-0.3, -0.25) is 4.99 Å². The Balaban J connectivity index is 2.04. The van der Waals surface area contributed by atoms with Crippen molar-refractivity contribution < 1.29 is 5.11 Å². The van der Waals surface area contributed by atoms with Gasteiger partial charge in [-0.1, -0.05) is 18.2 Å². The summed E-state index contributed by atoms with van der Waals surface area (Å²) >= 11 is 1.71. The highest BCUT2D eigenvalue weighted by Gasteiger charge is 2.02. The van der Waals surface area contributed by atoms with Crippen molar-refractivity contribution in [1.82, 2.24) is 0 Å². The molecule has 2 aromatic rings. The molecular weight excluding hydrogens is 230 g/mol. The summed E-state index contributed by atoms with van der Waals surface area (Å²) in [5.74, 6) is 1.26. The molecule has 84 valence electrons. The third kappa shape index (κ3) is 2.19. The van der Waals surface area contributed by atoms with Crippen LogP contribution in [0.15, 0.2) is 47.1 Å². The molecular formula is C14H11NOS. The number of nitrogens with zero attached hydrogens (tertiary/aromatic N) is 1. The van der Waals surface area contributed by atoms with E-state index in [1.54, 1.807) is 23.9 Å². The Morgan fingerprint density at radius 3 is 2.76 bits per heavy atom. The minimum absolute atomic E-state index is 0.306. The first-order valence-electron chi connectivity index (χ1n) is 5.39. The van der Waals surface area contributed by atoms with Crippen LogP contribution >= 0.6 is 11.8 Å². The van der Waals surface area contributed by atoms with E-state index in [2.05, 4.69) is 17.1 Å². The zero-order valence-corrected chi connectivity index (χ0v) is 9.95. The van der Waals surface area contributed by atoms with Crippen molar-refractivity contribution in [2.45, 2.75) is 0 Å². The summed E-state index contributed by atoms with van der Waals surface area (Å²) in [4.78, 5) is 4.28. The van der Waals surface area contributed by atoms with E-state index in [-0.39, 0.29) is 0 Å². The van der Waals surface area contributed by atoms with Gasteiger partial charge in [-0.05, 0) is 40.6 Å². The second-order valence-corrected chi connectivity index (χ2v) is 4.80. The predicted octanol–water partition coefficient (Wildman–Crippen LogP) is 3.66. The van der Waals surface area contributed by atoms with Gasteiger partial charge in [0, 0.05) is 5.75 Å². The van der Waals surface area contributed by atoms with Gasteiger partial charge in [-0.15, -0.1) is 11.8 Å². The minimum Gasteiger partial charge on any atom is -0.508 e.